The lowest BCUT2D eigenvalue weighted by atomic mass is 9.70. The Morgan fingerprint density at radius 1 is 1.62 bits per heavy atom. The standard InChI is InChI=1S/C8H11N3O2/c9-7(13)5-1-10-3-8(5)4-11-6(8)2-12/h5,10-11H,1,3-4H2,(H2,9,13). The van der Waals surface area contributed by atoms with Crippen molar-refractivity contribution in [3.05, 3.63) is 5.70 Å². The van der Waals surface area contributed by atoms with Crippen LogP contribution in [-0.4, -0.2) is 31.5 Å². The molecule has 2 aliphatic rings. The highest BCUT2D eigenvalue weighted by Gasteiger charge is 2.54. The Kier molecular flexibility index (Phi) is 1.65. The van der Waals surface area contributed by atoms with Gasteiger partial charge in [0, 0.05) is 19.6 Å². The van der Waals surface area contributed by atoms with Gasteiger partial charge in [-0.25, -0.2) is 4.79 Å². The molecule has 1 amide bonds. The molecule has 2 unspecified atom stereocenters. The number of nitrogens with one attached hydrogen (secondary N) is 2. The summed E-state index contributed by atoms with van der Waals surface area (Å²) in [5.41, 5.74) is 5.36. The summed E-state index contributed by atoms with van der Waals surface area (Å²) in [6.45, 7) is 1.83. The summed E-state index contributed by atoms with van der Waals surface area (Å²) < 4.78 is 0. The Morgan fingerprint density at radius 3 is 2.85 bits per heavy atom. The highest BCUT2D eigenvalue weighted by Crippen LogP contribution is 2.41. The van der Waals surface area contributed by atoms with Crippen molar-refractivity contribution in [2.45, 2.75) is 0 Å². The van der Waals surface area contributed by atoms with E-state index in [1.807, 2.05) is 5.94 Å². The number of carbonyl (C=O) groups is 1. The lowest BCUT2D eigenvalue weighted by Gasteiger charge is -2.42. The number of amides is 1. The molecule has 2 saturated heterocycles. The highest BCUT2D eigenvalue weighted by atomic mass is 16.1. The summed E-state index contributed by atoms with van der Waals surface area (Å²) in [6, 6.07) is 0. The highest BCUT2D eigenvalue weighted by molar-refractivity contribution is 5.80. The van der Waals surface area contributed by atoms with Crippen molar-refractivity contribution in [3.63, 3.8) is 0 Å². The normalized spacial score (nSPS) is 36.6. The summed E-state index contributed by atoms with van der Waals surface area (Å²) in [5, 5.41) is 5.93. The molecule has 2 rings (SSSR count). The maximum Gasteiger partial charge on any atom is 0.222 e. The Bertz CT molecular complexity index is 309. The van der Waals surface area contributed by atoms with Crippen LogP contribution in [0.3, 0.4) is 0 Å². The third-order valence-corrected chi connectivity index (χ3v) is 2.98. The molecule has 0 aromatic heterocycles. The molecule has 5 heteroatoms. The largest absolute Gasteiger partial charge is 0.378 e. The van der Waals surface area contributed by atoms with E-state index in [4.69, 9.17) is 5.73 Å². The lowest BCUT2D eigenvalue weighted by Crippen LogP contribution is -2.58. The third-order valence-electron chi connectivity index (χ3n) is 2.98. The molecular weight excluding hydrogens is 170 g/mol. The van der Waals surface area contributed by atoms with Crippen LogP contribution in [0.25, 0.3) is 0 Å². The minimum Gasteiger partial charge on any atom is -0.378 e. The van der Waals surface area contributed by atoms with E-state index in [0.717, 1.165) is 0 Å². The van der Waals surface area contributed by atoms with Crippen molar-refractivity contribution >= 4 is 11.8 Å². The van der Waals surface area contributed by atoms with Crippen LogP contribution in [0.15, 0.2) is 5.70 Å². The maximum atomic E-state index is 11.1. The predicted octanol–water partition coefficient (Wildman–Crippen LogP) is -2.00. The van der Waals surface area contributed by atoms with Gasteiger partial charge in [0.15, 0.2) is 0 Å². The quantitative estimate of drug-likeness (QED) is 0.408. The van der Waals surface area contributed by atoms with E-state index in [-0.39, 0.29) is 17.2 Å². The molecule has 0 saturated carbocycles. The second-order valence-electron chi connectivity index (χ2n) is 3.57. The first-order valence-electron chi connectivity index (χ1n) is 4.20. The average molecular weight is 181 g/mol. The molecule has 2 heterocycles. The number of nitrogens with two attached hydrogens (primary N) is 1. The van der Waals surface area contributed by atoms with Crippen molar-refractivity contribution in [1.29, 1.82) is 0 Å². The number of hydrogen-bond acceptors (Lipinski definition) is 4. The first kappa shape index (κ1) is 8.29. The van der Waals surface area contributed by atoms with E-state index in [1.165, 1.54) is 0 Å². The fourth-order valence-corrected chi connectivity index (χ4v) is 2.12. The molecule has 0 bridgehead atoms. The fourth-order valence-electron chi connectivity index (χ4n) is 2.12. The van der Waals surface area contributed by atoms with Gasteiger partial charge in [-0.3, -0.25) is 4.79 Å². The number of hydrogen-bond donors (Lipinski definition) is 3. The van der Waals surface area contributed by atoms with Gasteiger partial charge < -0.3 is 16.4 Å². The second-order valence-corrected chi connectivity index (χ2v) is 3.57. The maximum absolute atomic E-state index is 11.1. The monoisotopic (exact) mass is 181 g/mol. The van der Waals surface area contributed by atoms with Crippen molar-refractivity contribution < 1.29 is 9.59 Å². The van der Waals surface area contributed by atoms with Gasteiger partial charge >= 0.3 is 0 Å². The van der Waals surface area contributed by atoms with E-state index in [2.05, 4.69) is 10.6 Å². The van der Waals surface area contributed by atoms with Gasteiger partial charge in [0.1, 0.15) is 11.6 Å². The molecule has 70 valence electrons. The van der Waals surface area contributed by atoms with Crippen molar-refractivity contribution in [1.82, 2.24) is 10.6 Å². The summed E-state index contributed by atoms with van der Waals surface area (Å²) >= 11 is 0. The van der Waals surface area contributed by atoms with Gasteiger partial charge in [0.05, 0.1) is 11.3 Å². The van der Waals surface area contributed by atoms with Gasteiger partial charge in [0.25, 0.3) is 0 Å². The summed E-state index contributed by atoms with van der Waals surface area (Å²) in [7, 11) is 0. The SMILES string of the molecule is NC(=O)C1CNCC12CNC2=C=O. The molecule has 0 aromatic carbocycles. The fraction of sp³-hybridized carbons (Fsp3) is 0.625. The summed E-state index contributed by atoms with van der Waals surface area (Å²) in [5.74, 6) is 1.21. The average Bonchev–Trinajstić information content (AvgIpc) is 2.48. The molecule has 2 aliphatic heterocycles. The van der Waals surface area contributed by atoms with Gasteiger partial charge in [0.2, 0.25) is 5.91 Å². The molecule has 0 radical (unpaired) electrons. The first-order chi connectivity index (χ1) is 6.20. The zero-order chi connectivity index (χ0) is 9.47. The van der Waals surface area contributed by atoms with Crippen LogP contribution in [0.1, 0.15) is 0 Å². The van der Waals surface area contributed by atoms with E-state index in [0.29, 0.717) is 25.3 Å². The molecule has 0 aliphatic carbocycles. The third kappa shape index (κ3) is 0.913. The molecule has 2 fully saturated rings. The van der Waals surface area contributed by atoms with E-state index >= 15 is 0 Å². The topological polar surface area (TPSA) is 84.2 Å². The Morgan fingerprint density at radius 2 is 2.38 bits per heavy atom. The van der Waals surface area contributed by atoms with Crippen molar-refractivity contribution in [2.24, 2.45) is 17.1 Å². The zero-order valence-corrected chi connectivity index (χ0v) is 7.09. The van der Waals surface area contributed by atoms with Crippen LogP contribution in [0.4, 0.5) is 0 Å². The smallest absolute Gasteiger partial charge is 0.222 e. The number of primary amides is 1. The lowest BCUT2D eigenvalue weighted by molar-refractivity contribution is -0.124. The van der Waals surface area contributed by atoms with Crippen LogP contribution in [0.2, 0.25) is 0 Å². The molecule has 1 spiro atoms. The van der Waals surface area contributed by atoms with Crippen LogP contribution >= 0.6 is 0 Å². The van der Waals surface area contributed by atoms with Gasteiger partial charge in [-0.05, 0) is 0 Å². The molecule has 2 atom stereocenters. The minimum absolute atomic E-state index is 0.273. The molecule has 13 heavy (non-hydrogen) atoms. The number of rotatable bonds is 1. The van der Waals surface area contributed by atoms with Gasteiger partial charge in [-0.1, -0.05) is 0 Å². The van der Waals surface area contributed by atoms with Gasteiger partial charge in [-0.15, -0.1) is 0 Å². The second kappa shape index (κ2) is 2.58. The van der Waals surface area contributed by atoms with Crippen LogP contribution in [0, 0.1) is 11.3 Å². The molecule has 0 aromatic rings. The Balaban J connectivity index is 2.31. The van der Waals surface area contributed by atoms with Crippen molar-refractivity contribution in [3.8, 4) is 0 Å². The summed E-state index contributed by atoms with van der Waals surface area (Å²) in [6.07, 6.45) is 0. The number of carbonyl (C=O) groups excluding carboxylic acids is 2. The zero-order valence-electron chi connectivity index (χ0n) is 7.09. The minimum atomic E-state index is -0.381. The van der Waals surface area contributed by atoms with Crippen LogP contribution in [0.5, 0.6) is 0 Å². The summed E-state index contributed by atoms with van der Waals surface area (Å²) in [4.78, 5) is 21.6. The molecule has 5 nitrogen and oxygen atoms in total. The molecular formula is C8H11N3O2. The van der Waals surface area contributed by atoms with E-state index in [1.54, 1.807) is 0 Å². The van der Waals surface area contributed by atoms with Crippen LogP contribution in [-0.2, 0) is 9.59 Å². The predicted molar refractivity (Wildman–Crippen MR) is 45.2 cm³/mol. The van der Waals surface area contributed by atoms with E-state index in [9.17, 15) is 9.59 Å². The Labute approximate surface area is 75.4 Å². The first-order valence-corrected chi connectivity index (χ1v) is 4.20. The Hall–Kier alpha value is -1.32. The van der Waals surface area contributed by atoms with E-state index < -0.39 is 0 Å². The van der Waals surface area contributed by atoms with Crippen LogP contribution < -0.4 is 16.4 Å². The van der Waals surface area contributed by atoms with Gasteiger partial charge in [-0.2, -0.15) is 0 Å². The molecule has 4 N–H and O–H groups in total. The van der Waals surface area contributed by atoms with Crippen molar-refractivity contribution in [2.75, 3.05) is 19.6 Å².